The van der Waals surface area contributed by atoms with E-state index in [9.17, 15) is 14.4 Å². The number of thiophene rings is 1. The van der Waals surface area contributed by atoms with Crippen LogP contribution in [-0.4, -0.2) is 24.3 Å². The van der Waals surface area contributed by atoms with Crippen LogP contribution in [0.3, 0.4) is 0 Å². The molecule has 9 heteroatoms. The molecule has 0 unspecified atom stereocenters. The maximum Gasteiger partial charge on any atom is 0.279 e. The van der Waals surface area contributed by atoms with Crippen molar-refractivity contribution in [1.82, 2.24) is 16.2 Å². The number of furan rings is 1. The van der Waals surface area contributed by atoms with Crippen LogP contribution in [0.1, 0.15) is 31.6 Å². The van der Waals surface area contributed by atoms with Gasteiger partial charge in [-0.1, -0.05) is 0 Å². The second kappa shape index (κ2) is 7.42. The zero-order valence-electron chi connectivity index (χ0n) is 12.4. The number of nitrogens with one attached hydrogen (secondary N) is 3. The summed E-state index contributed by atoms with van der Waals surface area (Å²) in [5, 5.41) is 2.45. The second-order valence-electron chi connectivity index (χ2n) is 4.62. The first-order valence-corrected chi connectivity index (χ1v) is 8.17. The lowest BCUT2D eigenvalue weighted by molar-refractivity contribution is -0.120. The predicted molar refractivity (Wildman–Crippen MR) is 88.1 cm³/mol. The van der Waals surface area contributed by atoms with E-state index in [1.807, 2.05) is 0 Å². The highest BCUT2D eigenvalue weighted by atomic mass is 79.9. The molecule has 0 radical (unpaired) electrons. The van der Waals surface area contributed by atoms with Gasteiger partial charge < -0.3 is 9.73 Å². The summed E-state index contributed by atoms with van der Waals surface area (Å²) in [6.45, 7) is 3.13. The second-order valence-corrected chi connectivity index (χ2v) is 7.08. The average molecular weight is 400 g/mol. The standard InChI is InChI=1S/C14H14BrN3O4S/c1-7-5-9(8(2)22-7)13(20)16-6-12(19)17-18-14(21)10-3-4-11(15)23-10/h3-5H,6H2,1-2H3,(H,16,20)(H,17,19)(H,18,21). The molecule has 0 bridgehead atoms. The van der Waals surface area contributed by atoms with E-state index < -0.39 is 17.7 Å². The van der Waals surface area contributed by atoms with Crippen molar-refractivity contribution in [3.63, 3.8) is 0 Å². The Bertz CT molecular complexity index is 753. The zero-order valence-corrected chi connectivity index (χ0v) is 14.8. The molecule has 0 saturated heterocycles. The first kappa shape index (κ1) is 17.2. The Morgan fingerprint density at radius 2 is 1.91 bits per heavy atom. The highest BCUT2D eigenvalue weighted by Gasteiger charge is 2.15. The van der Waals surface area contributed by atoms with E-state index in [1.54, 1.807) is 32.0 Å². The van der Waals surface area contributed by atoms with Crippen LogP contribution >= 0.6 is 27.3 Å². The minimum atomic E-state index is -0.541. The van der Waals surface area contributed by atoms with E-state index in [0.717, 1.165) is 3.79 Å². The van der Waals surface area contributed by atoms with Crippen molar-refractivity contribution in [2.75, 3.05) is 6.54 Å². The van der Waals surface area contributed by atoms with Crippen LogP contribution in [0.4, 0.5) is 0 Å². The first-order valence-electron chi connectivity index (χ1n) is 6.56. The molecule has 0 aliphatic rings. The summed E-state index contributed by atoms with van der Waals surface area (Å²) in [5.41, 5.74) is 4.88. The van der Waals surface area contributed by atoms with Crippen LogP contribution < -0.4 is 16.2 Å². The molecule has 2 aromatic heterocycles. The first-order chi connectivity index (χ1) is 10.9. The van der Waals surface area contributed by atoms with Gasteiger partial charge in [-0.15, -0.1) is 11.3 Å². The van der Waals surface area contributed by atoms with Crippen LogP contribution in [0.15, 0.2) is 26.4 Å². The number of carbonyl (C=O) groups is 3. The number of carbonyl (C=O) groups excluding carboxylic acids is 3. The maximum atomic E-state index is 11.9. The van der Waals surface area contributed by atoms with Crippen molar-refractivity contribution in [2.24, 2.45) is 0 Å². The number of rotatable bonds is 4. The summed E-state index contributed by atoms with van der Waals surface area (Å²) in [6.07, 6.45) is 0. The van der Waals surface area contributed by atoms with Crippen LogP contribution in [0.5, 0.6) is 0 Å². The van der Waals surface area contributed by atoms with Crippen LogP contribution in [0, 0.1) is 13.8 Å². The zero-order chi connectivity index (χ0) is 17.0. The Kier molecular flexibility index (Phi) is 5.56. The Morgan fingerprint density at radius 1 is 1.17 bits per heavy atom. The van der Waals surface area contributed by atoms with Gasteiger partial charge in [-0.2, -0.15) is 0 Å². The molecule has 3 amide bonds. The van der Waals surface area contributed by atoms with Crippen LogP contribution in [-0.2, 0) is 4.79 Å². The molecule has 2 aromatic rings. The molecule has 7 nitrogen and oxygen atoms in total. The normalized spacial score (nSPS) is 10.2. The molecular weight excluding hydrogens is 386 g/mol. The van der Waals surface area contributed by atoms with Gasteiger partial charge in [0.2, 0.25) is 0 Å². The monoisotopic (exact) mass is 399 g/mol. The highest BCUT2D eigenvalue weighted by Crippen LogP contribution is 2.21. The molecule has 0 fully saturated rings. The lowest BCUT2D eigenvalue weighted by Crippen LogP contribution is -2.46. The van der Waals surface area contributed by atoms with Gasteiger partial charge in [-0.25, -0.2) is 0 Å². The van der Waals surface area contributed by atoms with Crippen molar-refractivity contribution in [1.29, 1.82) is 0 Å². The summed E-state index contributed by atoms with van der Waals surface area (Å²) in [4.78, 5) is 35.7. The van der Waals surface area contributed by atoms with Gasteiger partial charge >= 0.3 is 0 Å². The minimum absolute atomic E-state index is 0.267. The van der Waals surface area contributed by atoms with Crippen molar-refractivity contribution in [2.45, 2.75) is 13.8 Å². The largest absolute Gasteiger partial charge is 0.466 e. The summed E-state index contributed by atoms with van der Waals surface area (Å²) >= 11 is 4.49. The Balaban J connectivity index is 1.78. The van der Waals surface area contributed by atoms with E-state index >= 15 is 0 Å². The van der Waals surface area contributed by atoms with Crippen molar-refractivity contribution < 1.29 is 18.8 Å². The lowest BCUT2D eigenvalue weighted by atomic mass is 10.2. The smallest absolute Gasteiger partial charge is 0.279 e. The van der Waals surface area contributed by atoms with Crippen LogP contribution in [0.25, 0.3) is 0 Å². The summed E-state index contributed by atoms with van der Waals surface area (Å²) in [5.74, 6) is -0.284. The topological polar surface area (TPSA) is 100 Å². The number of amides is 3. The Hall–Kier alpha value is -2.13. The summed E-state index contributed by atoms with van der Waals surface area (Å²) < 4.78 is 6.06. The molecule has 0 atom stereocenters. The number of aryl methyl sites for hydroxylation is 2. The highest BCUT2D eigenvalue weighted by molar-refractivity contribution is 9.11. The summed E-state index contributed by atoms with van der Waals surface area (Å²) in [6, 6.07) is 4.96. The van der Waals surface area contributed by atoms with E-state index in [0.29, 0.717) is 22.0 Å². The third kappa shape index (κ3) is 4.67. The van der Waals surface area contributed by atoms with Gasteiger partial charge in [0.15, 0.2) is 0 Å². The number of hydrogen-bond donors (Lipinski definition) is 3. The molecule has 2 rings (SSSR count). The van der Waals surface area contributed by atoms with Gasteiger partial charge in [0.05, 0.1) is 20.8 Å². The Labute approximate surface area is 144 Å². The molecular formula is C14H14BrN3O4S. The molecule has 0 spiro atoms. The van der Waals surface area contributed by atoms with Gasteiger partial charge in [-0.05, 0) is 48.0 Å². The molecule has 23 heavy (non-hydrogen) atoms. The molecule has 0 aliphatic carbocycles. The fraction of sp³-hybridized carbons (Fsp3) is 0.214. The Morgan fingerprint density at radius 3 is 2.48 bits per heavy atom. The maximum absolute atomic E-state index is 11.9. The molecule has 0 saturated carbocycles. The van der Waals surface area contributed by atoms with Crippen LogP contribution in [0.2, 0.25) is 0 Å². The third-order valence-electron chi connectivity index (χ3n) is 2.81. The van der Waals surface area contributed by atoms with E-state index in [4.69, 9.17) is 4.42 Å². The molecule has 0 aliphatic heterocycles. The average Bonchev–Trinajstić information content (AvgIpc) is 3.07. The molecule has 2 heterocycles. The van der Waals surface area contributed by atoms with E-state index in [-0.39, 0.29) is 6.54 Å². The predicted octanol–water partition coefficient (Wildman–Crippen LogP) is 1.91. The van der Waals surface area contributed by atoms with Crippen molar-refractivity contribution in [3.8, 4) is 0 Å². The van der Waals surface area contributed by atoms with Gasteiger partial charge in [0.1, 0.15) is 11.5 Å². The molecule has 3 N–H and O–H groups in total. The third-order valence-corrected chi connectivity index (χ3v) is 4.43. The number of halogens is 1. The van der Waals surface area contributed by atoms with Crippen molar-refractivity contribution in [3.05, 3.63) is 43.9 Å². The number of hydrogen-bond acceptors (Lipinski definition) is 5. The summed E-state index contributed by atoms with van der Waals surface area (Å²) in [7, 11) is 0. The van der Waals surface area contributed by atoms with E-state index in [2.05, 4.69) is 32.1 Å². The van der Waals surface area contributed by atoms with Gasteiger partial charge in [0, 0.05) is 0 Å². The van der Waals surface area contributed by atoms with Gasteiger partial charge in [0.25, 0.3) is 17.7 Å². The molecule has 122 valence electrons. The minimum Gasteiger partial charge on any atom is -0.466 e. The quantitative estimate of drug-likeness (QED) is 0.683. The lowest BCUT2D eigenvalue weighted by Gasteiger charge is -2.07. The van der Waals surface area contributed by atoms with E-state index in [1.165, 1.54) is 11.3 Å². The fourth-order valence-corrected chi connectivity index (χ4v) is 3.06. The van der Waals surface area contributed by atoms with Crippen molar-refractivity contribution >= 4 is 45.0 Å². The van der Waals surface area contributed by atoms with Gasteiger partial charge in [-0.3, -0.25) is 25.2 Å². The molecule has 0 aromatic carbocycles. The fourth-order valence-electron chi connectivity index (χ4n) is 1.78. The number of hydrazine groups is 1. The SMILES string of the molecule is Cc1cc(C(=O)NCC(=O)NNC(=O)c2ccc(Br)s2)c(C)o1.